The molecule has 0 aromatic heterocycles. The van der Waals surface area contributed by atoms with Crippen molar-refractivity contribution >= 4 is 11.9 Å². The molecule has 0 aliphatic carbocycles. The summed E-state index contributed by atoms with van der Waals surface area (Å²) in [6, 6.07) is 0. The van der Waals surface area contributed by atoms with Gasteiger partial charge in [0.1, 0.15) is 5.92 Å². The van der Waals surface area contributed by atoms with Crippen molar-refractivity contribution in [2.24, 2.45) is 11.8 Å². The first-order chi connectivity index (χ1) is 9.18. The Morgan fingerprint density at radius 1 is 1.00 bits per heavy atom. The summed E-state index contributed by atoms with van der Waals surface area (Å²) in [5.41, 5.74) is 0. The Bertz CT molecular complexity index is 412. The molecule has 2 bridgehead atoms. The Morgan fingerprint density at radius 3 is 2.16 bits per heavy atom. The van der Waals surface area contributed by atoms with Crippen LogP contribution in [-0.2, 0) is 14.3 Å². The number of aliphatic carboxylic acids is 1. The summed E-state index contributed by atoms with van der Waals surface area (Å²) >= 11 is 0. The van der Waals surface area contributed by atoms with Gasteiger partial charge in [0.05, 0.1) is 18.1 Å². The fourth-order valence-corrected chi connectivity index (χ4v) is 3.40. The van der Waals surface area contributed by atoms with Crippen LogP contribution in [0.15, 0.2) is 12.2 Å². The zero-order valence-electron chi connectivity index (χ0n) is 10.8. The summed E-state index contributed by atoms with van der Waals surface area (Å²) in [7, 11) is 0. The Labute approximate surface area is 112 Å². The van der Waals surface area contributed by atoms with Crippen molar-refractivity contribution < 1.29 is 19.4 Å². The summed E-state index contributed by atoms with van der Waals surface area (Å²) in [4.78, 5) is 25.8. The second-order valence-corrected chi connectivity index (χ2v) is 5.58. The van der Waals surface area contributed by atoms with Crippen molar-refractivity contribution in [2.75, 3.05) is 13.1 Å². The SMILES string of the molecule is O=C(O)[C@H]1[C@H](C(=O)N2CCCCCC2)[C@H]2C=C[C@H]1O2. The van der Waals surface area contributed by atoms with E-state index in [1.165, 1.54) is 0 Å². The molecule has 3 rings (SSSR count). The van der Waals surface area contributed by atoms with Crippen molar-refractivity contribution in [3.8, 4) is 0 Å². The van der Waals surface area contributed by atoms with Gasteiger partial charge in [-0.1, -0.05) is 25.0 Å². The minimum absolute atomic E-state index is 0.0360. The summed E-state index contributed by atoms with van der Waals surface area (Å²) in [5.74, 6) is -2.22. The second kappa shape index (κ2) is 4.96. The molecule has 19 heavy (non-hydrogen) atoms. The number of hydrogen-bond donors (Lipinski definition) is 1. The topological polar surface area (TPSA) is 66.8 Å². The van der Waals surface area contributed by atoms with Crippen molar-refractivity contribution in [1.29, 1.82) is 0 Å². The molecule has 3 aliphatic rings. The van der Waals surface area contributed by atoms with E-state index in [0.717, 1.165) is 38.8 Å². The number of ether oxygens (including phenoxy) is 1. The van der Waals surface area contributed by atoms with Crippen molar-refractivity contribution in [1.82, 2.24) is 4.90 Å². The highest BCUT2D eigenvalue weighted by Crippen LogP contribution is 2.40. The molecular formula is C14H19NO4. The summed E-state index contributed by atoms with van der Waals surface area (Å²) in [6.07, 6.45) is 7.17. The molecule has 4 atom stereocenters. The average molecular weight is 265 g/mol. The van der Waals surface area contributed by atoms with E-state index in [0.29, 0.717) is 0 Å². The molecule has 2 saturated heterocycles. The van der Waals surface area contributed by atoms with Crippen LogP contribution >= 0.6 is 0 Å². The molecule has 0 spiro atoms. The van der Waals surface area contributed by atoms with Crippen LogP contribution in [-0.4, -0.2) is 47.2 Å². The van der Waals surface area contributed by atoms with Gasteiger partial charge in [0.25, 0.3) is 0 Å². The predicted octanol–water partition coefficient (Wildman–Crippen LogP) is 1.04. The number of carboxylic acids is 1. The maximum atomic E-state index is 12.6. The molecule has 1 N–H and O–H groups in total. The van der Waals surface area contributed by atoms with Crippen LogP contribution in [0.25, 0.3) is 0 Å². The third kappa shape index (κ3) is 2.16. The Morgan fingerprint density at radius 2 is 1.58 bits per heavy atom. The van der Waals surface area contributed by atoms with E-state index in [-0.39, 0.29) is 12.0 Å². The number of carboxylic acid groups (broad SMARTS) is 1. The van der Waals surface area contributed by atoms with Crippen LogP contribution < -0.4 is 0 Å². The molecule has 0 aromatic rings. The average Bonchev–Trinajstić information content (AvgIpc) is 2.89. The molecule has 0 radical (unpaired) electrons. The standard InChI is InChI=1S/C14H19NO4/c16-13(15-7-3-1-2-4-8-15)11-9-5-6-10(19-9)12(11)14(17)18/h5-6,9-12H,1-4,7-8H2,(H,17,18)/t9-,10-,11-,12-/m1/s1. The van der Waals surface area contributed by atoms with Crippen LogP contribution in [0.3, 0.4) is 0 Å². The van der Waals surface area contributed by atoms with Gasteiger partial charge in [-0.05, 0) is 12.8 Å². The third-order valence-corrected chi connectivity index (χ3v) is 4.39. The first-order valence-corrected chi connectivity index (χ1v) is 7.04. The monoisotopic (exact) mass is 265 g/mol. The fraction of sp³-hybridized carbons (Fsp3) is 0.714. The van der Waals surface area contributed by atoms with Crippen LogP contribution in [0.5, 0.6) is 0 Å². The van der Waals surface area contributed by atoms with Gasteiger partial charge in [0.2, 0.25) is 5.91 Å². The highest BCUT2D eigenvalue weighted by atomic mass is 16.5. The molecule has 3 aliphatic heterocycles. The summed E-state index contributed by atoms with van der Waals surface area (Å²) in [6.45, 7) is 1.51. The van der Waals surface area contributed by atoms with E-state index in [1.807, 2.05) is 11.0 Å². The molecule has 0 unspecified atom stereocenters. The van der Waals surface area contributed by atoms with E-state index in [9.17, 15) is 14.7 Å². The highest BCUT2D eigenvalue weighted by molar-refractivity contribution is 5.87. The van der Waals surface area contributed by atoms with Crippen molar-refractivity contribution in [2.45, 2.75) is 37.9 Å². The van der Waals surface area contributed by atoms with E-state index in [1.54, 1.807) is 6.08 Å². The van der Waals surface area contributed by atoms with Gasteiger partial charge >= 0.3 is 5.97 Å². The lowest BCUT2D eigenvalue weighted by Crippen LogP contribution is -2.45. The Balaban J connectivity index is 1.78. The smallest absolute Gasteiger partial charge is 0.310 e. The van der Waals surface area contributed by atoms with E-state index < -0.39 is 23.9 Å². The number of nitrogens with zero attached hydrogens (tertiary/aromatic N) is 1. The molecule has 3 heterocycles. The lowest BCUT2D eigenvalue weighted by Gasteiger charge is -2.28. The molecule has 1 amide bonds. The normalized spacial score (nSPS) is 37.4. The van der Waals surface area contributed by atoms with Crippen LogP contribution in [0.1, 0.15) is 25.7 Å². The molecule has 0 aromatic carbocycles. The first kappa shape index (κ1) is 12.7. The number of carbonyl (C=O) groups excluding carboxylic acids is 1. The number of carbonyl (C=O) groups is 2. The number of amides is 1. The van der Waals surface area contributed by atoms with Gasteiger partial charge in [0, 0.05) is 13.1 Å². The zero-order valence-corrected chi connectivity index (χ0v) is 10.8. The van der Waals surface area contributed by atoms with Gasteiger partial charge in [-0.2, -0.15) is 0 Å². The van der Waals surface area contributed by atoms with Crippen LogP contribution in [0.4, 0.5) is 0 Å². The minimum Gasteiger partial charge on any atom is -0.481 e. The number of rotatable bonds is 2. The van der Waals surface area contributed by atoms with Gasteiger partial charge in [-0.25, -0.2) is 0 Å². The largest absolute Gasteiger partial charge is 0.481 e. The predicted molar refractivity (Wildman–Crippen MR) is 67.5 cm³/mol. The van der Waals surface area contributed by atoms with Gasteiger partial charge in [-0.3, -0.25) is 9.59 Å². The maximum absolute atomic E-state index is 12.6. The second-order valence-electron chi connectivity index (χ2n) is 5.58. The third-order valence-electron chi connectivity index (χ3n) is 4.39. The molecule has 5 nitrogen and oxygen atoms in total. The lowest BCUT2D eigenvalue weighted by molar-refractivity contribution is -0.149. The number of fused-ring (bicyclic) bond motifs is 2. The fourth-order valence-electron chi connectivity index (χ4n) is 3.40. The first-order valence-electron chi connectivity index (χ1n) is 7.04. The molecular weight excluding hydrogens is 246 g/mol. The van der Waals surface area contributed by atoms with Crippen molar-refractivity contribution in [3.05, 3.63) is 12.2 Å². The number of likely N-dealkylation sites (tertiary alicyclic amines) is 1. The zero-order chi connectivity index (χ0) is 13.4. The lowest BCUT2D eigenvalue weighted by atomic mass is 9.82. The van der Waals surface area contributed by atoms with Crippen molar-refractivity contribution in [3.63, 3.8) is 0 Å². The molecule has 2 fully saturated rings. The van der Waals surface area contributed by atoms with E-state index in [4.69, 9.17) is 4.74 Å². The Kier molecular flexibility index (Phi) is 3.31. The van der Waals surface area contributed by atoms with Gasteiger partial charge in [-0.15, -0.1) is 0 Å². The molecule has 104 valence electrons. The summed E-state index contributed by atoms with van der Waals surface area (Å²) < 4.78 is 5.56. The quantitative estimate of drug-likeness (QED) is 0.758. The van der Waals surface area contributed by atoms with Gasteiger partial charge < -0.3 is 14.7 Å². The minimum atomic E-state index is -0.926. The van der Waals surface area contributed by atoms with Gasteiger partial charge in [0.15, 0.2) is 0 Å². The van der Waals surface area contributed by atoms with Crippen LogP contribution in [0, 0.1) is 11.8 Å². The number of hydrogen-bond acceptors (Lipinski definition) is 3. The Hall–Kier alpha value is -1.36. The van der Waals surface area contributed by atoms with E-state index in [2.05, 4.69) is 0 Å². The maximum Gasteiger partial charge on any atom is 0.310 e. The highest BCUT2D eigenvalue weighted by Gasteiger charge is 2.54. The van der Waals surface area contributed by atoms with E-state index >= 15 is 0 Å². The molecule has 0 saturated carbocycles. The molecule has 5 heteroatoms. The van der Waals surface area contributed by atoms with Crippen LogP contribution in [0.2, 0.25) is 0 Å². The summed E-state index contributed by atoms with van der Waals surface area (Å²) in [5, 5.41) is 9.32.